The molecule has 0 saturated heterocycles. The highest BCUT2D eigenvalue weighted by Crippen LogP contribution is 2.24. The van der Waals surface area contributed by atoms with Crippen LogP contribution in [0.25, 0.3) is 5.69 Å². The van der Waals surface area contributed by atoms with E-state index in [1.165, 1.54) is 0 Å². The van der Waals surface area contributed by atoms with Gasteiger partial charge in [-0.3, -0.25) is 5.10 Å². The van der Waals surface area contributed by atoms with E-state index in [4.69, 9.17) is 4.74 Å². The lowest BCUT2D eigenvalue weighted by atomic mass is 10.1. The molecule has 0 bridgehead atoms. The van der Waals surface area contributed by atoms with E-state index in [9.17, 15) is 8.42 Å². The lowest BCUT2D eigenvalue weighted by molar-refractivity contribution is 0.414. The molecule has 3 rings (SSSR count). The van der Waals surface area contributed by atoms with Gasteiger partial charge in [0, 0.05) is 17.3 Å². The Hall–Kier alpha value is -2.65. The van der Waals surface area contributed by atoms with Gasteiger partial charge in [-0.1, -0.05) is 0 Å². The molecule has 27 heavy (non-hydrogen) atoms. The van der Waals surface area contributed by atoms with Crippen molar-refractivity contribution < 1.29 is 13.2 Å². The number of hydrogen-bond acceptors (Lipinski definition) is 5. The number of aryl methyl sites for hydroxylation is 2. The number of sulfonamides is 1. The summed E-state index contributed by atoms with van der Waals surface area (Å²) >= 11 is 0. The molecule has 2 aromatic heterocycles. The third-order valence-corrected chi connectivity index (χ3v) is 6.30. The summed E-state index contributed by atoms with van der Waals surface area (Å²) < 4.78 is 35.2. The molecule has 1 aromatic carbocycles. The summed E-state index contributed by atoms with van der Waals surface area (Å²) in [5, 5.41) is 11.1. The smallest absolute Gasteiger partial charge is 0.244 e. The fraction of sp³-hybridized carbons (Fsp3) is 0.333. The Kier molecular flexibility index (Phi) is 5.07. The molecular formula is C18H23N5O3S. The molecule has 3 aromatic rings. The molecule has 1 atom stereocenters. The lowest BCUT2D eigenvalue weighted by Crippen LogP contribution is -2.28. The predicted octanol–water partition coefficient (Wildman–Crippen LogP) is 2.57. The Bertz CT molecular complexity index is 1030. The van der Waals surface area contributed by atoms with Gasteiger partial charge in [0.2, 0.25) is 10.0 Å². The molecule has 0 radical (unpaired) electrons. The van der Waals surface area contributed by atoms with Crippen LogP contribution in [-0.2, 0) is 10.0 Å². The Labute approximate surface area is 158 Å². The molecule has 0 amide bonds. The first-order chi connectivity index (χ1) is 12.7. The van der Waals surface area contributed by atoms with E-state index in [-0.39, 0.29) is 4.90 Å². The number of aromatic nitrogens is 4. The third kappa shape index (κ3) is 3.60. The van der Waals surface area contributed by atoms with E-state index in [1.807, 2.05) is 31.2 Å². The van der Waals surface area contributed by atoms with E-state index in [0.29, 0.717) is 11.4 Å². The number of nitrogens with zero attached hydrogens (tertiary/aromatic N) is 3. The zero-order valence-electron chi connectivity index (χ0n) is 15.9. The predicted molar refractivity (Wildman–Crippen MR) is 102 cm³/mol. The van der Waals surface area contributed by atoms with Gasteiger partial charge >= 0.3 is 0 Å². The van der Waals surface area contributed by atoms with Crippen molar-refractivity contribution in [1.82, 2.24) is 24.7 Å². The molecule has 9 heteroatoms. The molecule has 0 aliphatic heterocycles. The minimum Gasteiger partial charge on any atom is -0.497 e. The Balaban J connectivity index is 1.88. The quantitative estimate of drug-likeness (QED) is 0.675. The van der Waals surface area contributed by atoms with E-state index in [2.05, 4.69) is 20.0 Å². The van der Waals surface area contributed by atoms with Crippen molar-refractivity contribution in [3.05, 3.63) is 53.1 Å². The molecule has 0 aliphatic rings. The van der Waals surface area contributed by atoms with Crippen LogP contribution in [0.2, 0.25) is 0 Å². The summed E-state index contributed by atoms with van der Waals surface area (Å²) in [4.78, 5) is 0.189. The molecule has 0 fully saturated rings. The number of H-pyrrole nitrogens is 1. The molecule has 8 nitrogen and oxygen atoms in total. The van der Waals surface area contributed by atoms with Gasteiger partial charge in [-0.05, 0) is 52.0 Å². The Morgan fingerprint density at radius 2 is 1.85 bits per heavy atom. The normalized spacial score (nSPS) is 12.9. The second-order valence-electron chi connectivity index (χ2n) is 6.40. The van der Waals surface area contributed by atoms with Gasteiger partial charge in [0.15, 0.2) is 0 Å². The van der Waals surface area contributed by atoms with Gasteiger partial charge in [-0.25, -0.2) is 17.8 Å². The Morgan fingerprint density at radius 1 is 1.19 bits per heavy atom. The first kappa shape index (κ1) is 19.1. The monoisotopic (exact) mass is 389 g/mol. The van der Waals surface area contributed by atoms with Gasteiger partial charge in [-0.2, -0.15) is 10.2 Å². The van der Waals surface area contributed by atoms with Crippen molar-refractivity contribution in [2.45, 2.75) is 38.6 Å². The highest BCUT2D eigenvalue weighted by atomic mass is 32.2. The van der Waals surface area contributed by atoms with Gasteiger partial charge in [-0.15, -0.1) is 0 Å². The van der Waals surface area contributed by atoms with Crippen molar-refractivity contribution in [2.24, 2.45) is 0 Å². The number of methoxy groups -OCH3 is 1. The van der Waals surface area contributed by atoms with E-state index in [0.717, 1.165) is 22.7 Å². The summed E-state index contributed by atoms with van der Waals surface area (Å²) in [7, 11) is -2.09. The standard InChI is InChI=1S/C18H23N5O3S/c1-11(22-27(24,25)18-12(2)20-21-13(18)3)17-10-19-23(14(17)4)15-6-8-16(26-5)9-7-15/h6-11,22H,1-5H3,(H,20,21)/t11-/m1/s1. The van der Waals surface area contributed by atoms with Crippen LogP contribution in [0.3, 0.4) is 0 Å². The molecule has 0 unspecified atom stereocenters. The van der Waals surface area contributed by atoms with Crippen LogP contribution in [0, 0.1) is 20.8 Å². The van der Waals surface area contributed by atoms with E-state index >= 15 is 0 Å². The highest BCUT2D eigenvalue weighted by Gasteiger charge is 2.26. The molecular weight excluding hydrogens is 366 g/mol. The zero-order valence-corrected chi connectivity index (χ0v) is 16.8. The van der Waals surface area contributed by atoms with Gasteiger partial charge in [0.05, 0.1) is 30.4 Å². The van der Waals surface area contributed by atoms with Crippen LogP contribution in [0.15, 0.2) is 35.4 Å². The number of hydrogen-bond donors (Lipinski definition) is 2. The number of benzene rings is 1. The highest BCUT2D eigenvalue weighted by molar-refractivity contribution is 7.89. The minimum atomic E-state index is -3.70. The number of rotatable bonds is 6. The maximum atomic E-state index is 12.8. The first-order valence-electron chi connectivity index (χ1n) is 8.47. The fourth-order valence-electron chi connectivity index (χ4n) is 3.12. The summed E-state index contributed by atoms with van der Waals surface area (Å²) in [6.45, 7) is 7.05. The van der Waals surface area contributed by atoms with Crippen LogP contribution in [0.4, 0.5) is 0 Å². The van der Waals surface area contributed by atoms with Crippen molar-refractivity contribution in [3.8, 4) is 11.4 Å². The SMILES string of the molecule is COc1ccc(-n2ncc([C@@H](C)NS(=O)(=O)c3c(C)n[nH]c3C)c2C)cc1. The summed E-state index contributed by atoms with van der Waals surface area (Å²) in [6, 6.07) is 7.06. The molecule has 0 aliphatic carbocycles. The average molecular weight is 389 g/mol. The molecule has 2 heterocycles. The van der Waals surface area contributed by atoms with Crippen LogP contribution in [-0.4, -0.2) is 35.5 Å². The number of ether oxygens (including phenoxy) is 1. The maximum absolute atomic E-state index is 12.8. The molecule has 0 spiro atoms. The second-order valence-corrected chi connectivity index (χ2v) is 8.05. The second kappa shape index (κ2) is 7.16. The van der Waals surface area contributed by atoms with Gasteiger partial charge in [0.25, 0.3) is 0 Å². The van der Waals surface area contributed by atoms with E-state index < -0.39 is 16.1 Å². The topological polar surface area (TPSA) is 102 Å². The van der Waals surface area contributed by atoms with Crippen LogP contribution >= 0.6 is 0 Å². The van der Waals surface area contributed by atoms with Crippen molar-refractivity contribution in [2.75, 3.05) is 7.11 Å². The maximum Gasteiger partial charge on any atom is 0.244 e. The van der Waals surface area contributed by atoms with Crippen LogP contribution in [0.1, 0.15) is 35.6 Å². The van der Waals surface area contributed by atoms with E-state index in [1.54, 1.807) is 38.8 Å². The lowest BCUT2D eigenvalue weighted by Gasteiger charge is -2.15. The van der Waals surface area contributed by atoms with Crippen molar-refractivity contribution in [1.29, 1.82) is 0 Å². The fourth-order valence-corrected chi connectivity index (χ4v) is 4.72. The molecule has 2 N–H and O–H groups in total. The van der Waals surface area contributed by atoms with Crippen LogP contribution in [0.5, 0.6) is 5.75 Å². The van der Waals surface area contributed by atoms with Crippen molar-refractivity contribution in [3.63, 3.8) is 0 Å². The third-order valence-electron chi connectivity index (χ3n) is 4.49. The summed E-state index contributed by atoms with van der Waals surface area (Å²) in [6.07, 6.45) is 1.68. The Morgan fingerprint density at radius 3 is 2.41 bits per heavy atom. The number of nitrogens with one attached hydrogen (secondary N) is 2. The van der Waals surface area contributed by atoms with Crippen LogP contribution < -0.4 is 9.46 Å². The average Bonchev–Trinajstić information content (AvgIpc) is 3.17. The van der Waals surface area contributed by atoms with Crippen molar-refractivity contribution >= 4 is 10.0 Å². The van der Waals surface area contributed by atoms with Gasteiger partial charge < -0.3 is 4.74 Å². The summed E-state index contributed by atoms with van der Waals surface area (Å²) in [5.41, 5.74) is 3.48. The van der Waals surface area contributed by atoms with Gasteiger partial charge in [0.1, 0.15) is 10.6 Å². The number of aromatic amines is 1. The first-order valence-corrected chi connectivity index (χ1v) is 9.95. The largest absolute Gasteiger partial charge is 0.497 e. The zero-order chi connectivity index (χ0) is 19.8. The minimum absolute atomic E-state index is 0.189. The molecule has 144 valence electrons. The molecule has 0 saturated carbocycles. The summed E-state index contributed by atoms with van der Waals surface area (Å²) in [5.74, 6) is 0.760.